The molecule has 2 N–H and O–H groups in total. The van der Waals surface area contributed by atoms with Gasteiger partial charge in [-0.25, -0.2) is 0 Å². The lowest BCUT2D eigenvalue weighted by molar-refractivity contribution is -0.384. The van der Waals surface area contributed by atoms with Crippen LogP contribution in [0.2, 0.25) is 0 Å². The van der Waals surface area contributed by atoms with Gasteiger partial charge in [-0.15, -0.1) is 0 Å². The second kappa shape index (κ2) is 6.83. The van der Waals surface area contributed by atoms with Crippen LogP contribution < -0.4 is 10.6 Å². The summed E-state index contributed by atoms with van der Waals surface area (Å²) in [5.41, 5.74) is 0.352. The van der Waals surface area contributed by atoms with Gasteiger partial charge in [-0.1, -0.05) is 0 Å². The Hall–Kier alpha value is -1.96. The smallest absolute Gasteiger partial charge is 0.293 e. The van der Waals surface area contributed by atoms with E-state index in [0.29, 0.717) is 18.0 Å². The van der Waals surface area contributed by atoms with Crippen LogP contribution in [-0.2, 0) is 10.8 Å². The summed E-state index contributed by atoms with van der Waals surface area (Å²) in [5.74, 6) is 0.0123. The van der Waals surface area contributed by atoms with Crippen molar-refractivity contribution in [1.29, 1.82) is 0 Å². The van der Waals surface area contributed by atoms with Crippen molar-refractivity contribution >= 4 is 28.1 Å². The highest BCUT2D eigenvalue weighted by atomic mass is 32.2. The van der Waals surface area contributed by atoms with E-state index in [-0.39, 0.29) is 17.2 Å². The van der Waals surface area contributed by atoms with Crippen molar-refractivity contribution in [3.05, 3.63) is 33.9 Å². The highest BCUT2D eigenvalue weighted by Crippen LogP contribution is 2.25. The van der Waals surface area contributed by atoms with Gasteiger partial charge in [-0.3, -0.25) is 19.1 Å². The monoisotopic (exact) mass is 285 g/mol. The number of benzene rings is 1. The molecule has 1 unspecified atom stereocenters. The van der Waals surface area contributed by atoms with Crippen LogP contribution in [0, 0.1) is 10.1 Å². The molecule has 1 aromatic rings. The van der Waals surface area contributed by atoms with Gasteiger partial charge in [-0.2, -0.15) is 0 Å². The third kappa shape index (κ3) is 4.32. The van der Waals surface area contributed by atoms with Crippen LogP contribution in [-0.4, -0.2) is 40.6 Å². The predicted molar refractivity (Wildman–Crippen MR) is 73.9 cm³/mol. The van der Waals surface area contributed by atoms with E-state index < -0.39 is 15.7 Å². The molecule has 0 aliphatic heterocycles. The first-order chi connectivity index (χ1) is 8.95. The van der Waals surface area contributed by atoms with Crippen LogP contribution in [0.4, 0.5) is 11.4 Å². The fraction of sp³-hybridized carbons (Fsp3) is 0.364. The molecule has 0 aliphatic carbocycles. The summed E-state index contributed by atoms with van der Waals surface area (Å²) in [4.78, 5) is 21.8. The Morgan fingerprint density at radius 1 is 1.47 bits per heavy atom. The molecule has 1 amide bonds. The van der Waals surface area contributed by atoms with E-state index in [0.717, 1.165) is 0 Å². The third-order valence-electron chi connectivity index (χ3n) is 2.39. The number of anilines is 1. The molecule has 0 saturated carbocycles. The molecule has 0 bridgehead atoms. The van der Waals surface area contributed by atoms with Crippen LogP contribution in [0.25, 0.3) is 0 Å². The van der Waals surface area contributed by atoms with Gasteiger partial charge in [0.1, 0.15) is 5.69 Å². The summed E-state index contributed by atoms with van der Waals surface area (Å²) in [6, 6.07) is 4.18. The summed E-state index contributed by atoms with van der Waals surface area (Å²) in [6.45, 7) is 0.364. The van der Waals surface area contributed by atoms with E-state index in [1.807, 2.05) is 0 Å². The van der Waals surface area contributed by atoms with E-state index in [2.05, 4.69) is 10.6 Å². The van der Waals surface area contributed by atoms with E-state index in [9.17, 15) is 19.1 Å². The van der Waals surface area contributed by atoms with Gasteiger partial charge in [0.15, 0.2) is 0 Å². The fourth-order valence-electron chi connectivity index (χ4n) is 1.45. The molecule has 0 aromatic heterocycles. The second-order valence-electron chi connectivity index (χ2n) is 3.77. The van der Waals surface area contributed by atoms with Gasteiger partial charge >= 0.3 is 0 Å². The minimum Gasteiger partial charge on any atom is -0.379 e. The van der Waals surface area contributed by atoms with Crippen LogP contribution in [0.3, 0.4) is 0 Å². The number of nitro benzene ring substituents is 1. The summed E-state index contributed by atoms with van der Waals surface area (Å²) < 4.78 is 10.9. The minimum atomic E-state index is -0.966. The Morgan fingerprint density at radius 2 is 2.16 bits per heavy atom. The maximum absolute atomic E-state index is 11.4. The lowest BCUT2D eigenvalue weighted by Gasteiger charge is -2.07. The molecule has 0 heterocycles. The molecule has 0 spiro atoms. The zero-order valence-electron chi connectivity index (χ0n) is 10.6. The lowest BCUT2D eigenvalue weighted by atomic mass is 10.1. The molecular formula is C11H15N3O4S. The molecule has 19 heavy (non-hydrogen) atoms. The number of carbonyl (C=O) groups is 1. The SMILES string of the molecule is CNC(=O)c1ccc(NCCS(C)=O)c([N+](=O)[O-])c1. The van der Waals surface area contributed by atoms with Crippen molar-refractivity contribution in [2.75, 3.05) is 30.9 Å². The Kier molecular flexibility index (Phi) is 5.43. The zero-order chi connectivity index (χ0) is 14.4. The van der Waals surface area contributed by atoms with Gasteiger partial charge in [-0.05, 0) is 12.1 Å². The molecule has 0 fully saturated rings. The molecule has 104 valence electrons. The molecule has 1 rings (SSSR count). The van der Waals surface area contributed by atoms with Crippen LogP contribution in [0.15, 0.2) is 18.2 Å². The molecule has 1 atom stereocenters. The average Bonchev–Trinajstić information content (AvgIpc) is 2.37. The topological polar surface area (TPSA) is 101 Å². The number of carbonyl (C=O) groups excluding carboxylic acids is 1. The van der Waals surface area contributed by atoms with Crippen molar-refractivity contribution in [1.82, 2.24) is 5.32 Å². The first-order valence-electron chi connectivity index (χ1n) is 5.50. The van der Waals surface area contributed by atoms with Gasteiger partial charge in [0.2, 0.25) is 0 Å². The highest BCUT2D eigenvalue weighted by molar-refractivity contribution is 7.84. The number of amides is 1. The maximum atomic E-state index is 11.4. The first-order valence-corrected chi connectivity index (χ1v) is 7.23. The third-order valence-corrected chi connectivity index (χ3v) is 3.17. The van der Waals surface area contributed by atoms with Crippen LogP contribution in [0.1, 0.15) is 10.4 Å². The van der Waals surface area contributed by atoms with E-state index in [4.69, 9.17) is 0 Å². The van der Waals surface area contributed by atoms with Gasteiger partial charge in [0.25, 0.3) is 11.6 Å². The van der Waals surface area contributed by atoms with Crippen molar-refractivity contribution < 1.29 is 13.9 Å². The normalized spacial score (nSPS) is 11.7. The molecule has 7 nitrogen and oxygen atoms in total. The van der Waals surface area contributed by atoms with Crippen molar-refractivity contribution in [3.63, 3.8) is 0 Å². The van der Waals surface area contributed by atoms with E-state index in [1.165, 1.54) is 25.2 Å². The number of nitro groups is 1. The largest absolute Gasteiger partial charge is 0.379 e. The Balaban J connectivity index is 2.95. The Bertz CT molecular complexity index is 519. The van der Waals surface area contributed by atoms with Crippen molar-refractivity contribution in [2.24, 2.45) is 0 Å². The minimum absolute atomic E-state index is 0.178. The lowest BCUT2D eigenvalue weighted by Crippen LogP contribution is -2.18. The first kappa shape index (κ1) is 15.1. The highest BCUT2D eigenvalue weighted by Gasteiger charge is 2.16. The number of rotatable bonds is 6. The van der Waals surface area contributed by atoms with Crippen LogP contribution in [0.5, 0.6) is 0 Å². The van der Waals surface area contributed by atoms with Gasteiger partial charge in [0, 0.05) is 48.0 Å². The summed E-state index contributed by atoms with van der Waals surface area (Å²) in [5, 5.41) is 16.2. The zero-order valence-corrected chi connectivity index (χ0v) is 11.5. The number of nitrogens with one attached hydrogen (secondary N) is 2. The van der Waals surface area contributed by atoms with Crippen molar-refractivity contribution in [3.8, 4) is 0 Å². The summed E-state index contributed by atoms with van der Waals surface area (Å²) in [6.07, 6.45) is 1.56. The standard InChI is InChI=1S/C11H15N3O4S/c1-12-11(15)8-3-4-9(10(7-8)14(16)17)13-5-6-19(2)18/h3-4,7,13H,5-6H2,1-2H3,(H,12,15). The molecule has 0 radical (unpaired) electrons. The molecule has 0 saturated heterocycles. The molecule has 0 aliphatic rings. The maximum Gasteiger partial charge on any atom is 0.293 e. The summed E-state index contributed by atoms with van der Waals surface area (Å²) in [7, 11) is 0.489. The van der Waals surface area contributed by atoms with Crippen molar-refractivity contribution in [2.45, 2.75) is 0 Å². The fourth-order valence-corrected chi connectivity index (χ4v) is 1.84. The van der Waals surface area contributed by atoms with E-state index >= 15 is 0 Å². The Labute approximate surface area is 113 Å². The Morgan fingerprint density at radius 3 is 2.68 bits per heavy atom. The summed E-state index contributed by atoms with van der Waals surface area (Å²) >= 11 is 0. The average molecular weight is 285 g/mol. The quantitative estimate of drug-likeness (QED) is 0.593. The van der Waals surface area contributed by atoms with Crippen LogP contribution >= 0.6 is 0 Å². The predicted octanol–water partition coefficient (Wildman–Crippen LogP) is 0.745. The molecular weight excluding hydrogens is 270 g/mol. The number of hydrogen-bond donors (Lipinski definition) is 2. The number of nitrogens with zero attached hydrogens (tertiary/aromatic N) is 1. The van der Waals surface area contributed by atoms with Gasteiger partial charge in [0.05, 0.1) is 4.92 Å². The molecule has 8 heteroatoms. The molecule has 1 aromatic carbocycles. The van der Waals surface area contributed by atoms with E-state index in [1.54, 1.807) is 6.26 Å². The second-order valence-corrected chi connectivity index (χ2v) is 5.33. The number of hydrogen-bond acceptors (Lipinski definition) is 5. The van der Waals surface area contributed by atoms with Gasteiger partial charge < -0.3 is 10.6 Å².